The van der Waals surface area contributed by atoms with Gasteiger partial charge in [0.25, 0.3) is 0 Å². The maximum Gasteiger partial charge on any atom is 0.191 e. The van der Waals surface area contributed by atoms with Crippen molar-refractivity contribution >= 4 is 47.0 Å². The van der Waals surface area contributed by atoms with Gasteiger partial charge in [0, 0.05) is 37.2 Å². The third-order valence-corrected chi connectivity index (χ3v) is 5.49. The first-order valence-electron chi connectivity index (χ1n) is 8.99. The van der Waals surface area contributed by atoms with Gasteiger partial charge in [-0.25, -0.2) is 4.98 Å². The number of aromatic nitrogens is 1. The van der Waals surface area contributed by atoms with Crippen LogP contribution in [0.15, 0.2) is 40.7 Å². The summed E-state index contributed by atoms with van der Waals surface area (Å²) in [5.41, 5.74) is 2.38. The Kier molecular flexibility index (Phi) is 8.64. The molecule has 0 spiro atoms. The number of para-hydroxylation sites is 1. The average molecular weight is 485 g/mol. The monoisotopic (exact) mass is 485 g/mol. The minimum atomic E-state index is 0. The number of nitrogens with zero attached hydrogens (tertiary/aromatic N) is 3. The summed E-state index contributed by atoms with van der Waals surface area (Å²) in [6.07, 6.45) is 3.35. The highest BCUT2D eigenvalue weighted by atomic mass is 127. The van der Waals surface area contributed by atoms with E-state index in [1.165, 1.54) is 23.5 Å². The van der Waals surface area contributed by atoms with Gasteiger partial charge in [-0.1, -0.05) is 25.1 Å². The highest BCUT2D eigenvalue weighted by Gasteiger charge is 2.20. The second-order valence-electron chi connectivity index (χ2n) is 6.28. The van der Waals surface area contributed by atoms with Gasteiger partial charge < -0.3 is 15.5 Å². The molecule has 26 heavy (non-hydrogen) atoms. The molecule has 1 atom stereocenters. The number of rotatable bonds is 5. The van der Waals surface area contributed by atoms with E-state index in [0.29, 0.717) is 12.6 Å². The second kappa shape index (κ2) is 10.7. The van der Waals surface area contributed by atoms with E-state index >= 15 is 0 Å². The number of benzene rings is 1. The Morgan fingerprint density at radius 3 is 2.85 bits per heavy atom. The Hall–Kier alpha value is -1.35. The Balaban J connectivity index is 0.00000243. The van der Waals surface area contributed by atoms with Crippen molar-refractivity contribution in [3.63, 3.8) is 0 Å². The summed E-state index contributed by atoms with van der Waals surface area (Å²) in [5, 5.41) is 10.3. The summed E-state index contributed by atoms with van der Waals surface area (Å²) in [6, 6.07) is 11.0. The molecule has 0 saturated carbocycles. The SMILES string of the molecule is CCc1nc(CNC(=NC)NC2CCCN(c3ccccc3)C2)cs1.I. The van der Waals surface area contributed by atoms with Crippen LogP contribution >= 0.6 is 35.3 Å². The third-order valence-electron chi connectivity index (χ3n) is 4.45. The van der Waals surface area contributed by atoms with Crippen LogP contribution in [0.3, 0.4) is 0 Å². The number of halogens is 1. The molecule has 1 aromatic carbocycles. The molecule has 1 aromatic heterocycles. The van der Waals surface area contributed by atoms with Crippen molar-refractivity contribution in [1.29, 1.82) is 0 Å². The Morgan fingerprint density at radius 1 is 1.35 bits per heavy atom. The van der Waals surface area contributed by atoms with Gasteiger partial charge in [0.1, 0.15) is 0 Å². The first kappa shape index (κ1) is 21.0. The summed E-state index contributed by atoms with van der Waals surface area (Å²) in [4.78, 5) is 11.4. The maximum absolute atomic E-state index is 4.60. The van der Waals surface area contributed by atoms with Crippen LogP contribution in [-0.4, -0.2) is 37.1 Å². The van der Waals surface area contributed by atoms with Crippen LogP contribution in [0.25, 0.3) is 0 Å². The Morgan fingerprint density at radius 2 is 2.15 bits per heavy atom. The molecule has 5 nitrogen and oxygen atoms in total. The summed E-state index contributed by atoms with van der Waals surface area (Å²) in [6.45, 7) is 4.97. The molecule has 2 aromatic rings. The van der Waals surface area contributed by atoms with E-state index in [-0.39, 0.29) is 24.0 Å². The van der Waals surface area contributed by atoms with Crippen molar-refractivity contribution in [2.75, 3.05) is 25.0 Å². The fraction of sp³-hybridized carbons (Fsp3) is 0.474. The van der Waals surface area contributed by atoms with Crippen molar-refractivity contribution in [1.82, 2.24) is 15.6 Å². The number of piperidine rings is 1. The van der Waals surface area contributed by atoms with Gasteiger partial charge in [0.15, 0.2) is 5.96 Å². The first-order valence-corrected chi connectivity index (χ1v) is 9.87. The molecule has 0 bridgehead atoms. The molecule has 1 aliphatic heterocycles. The van der Waals surface area contributed by atoms with E-state index in [2.05, 4.69) is 68.1 Å². The molecule has 2 N–H and O–H groups in total. The lowest BCUT2D eigenvalue weighted by Gasteiger charge is -2.35. The van der Waals surface area contributed by atoms with E-state index < -0.39 is 0 Å². The molecule has 142 valence electrons. The molecule has 1 saturated heterocycles. The minimum absolute atomic E-state index is 0. The first-order chi connectivity index (χ1) is 12.3. The van der Waals surface area contributed by atoms with Gasteiger partial charge in [-0.05, 0) is 31.4 Å². The number of hydrogen-bond donors (Lipinski definition) is 2. The number of aliphatic imine (C=N–C) groups is 1. The molecule has 7 heteroatoms. The van der Waals surface area contributed by atoms with E-state index in [1.54, 1.807) is 11.3 Å². The quantitative estimate of drug-likeness (QED) is 0.386. The lowest BCUT2D eigenvalue weighted by molar-refractivity contribution is 0.468. The zero-order valence-corrected chi connectivity index (χ0v) is 18.6. The minimum Gasteiger partial charge on any atom is -0.369 e. The van der Waals surface area contributed by atoms with Gasteiger partial charge in [-0.3, -0.25) is 4.99 Å². The van der Waals surface area contributed by atoms with Crippen LogP contribution in [0, 0.1) is 0 Å². The zero-order chi connectivity index (χ0) is 17.5. The Labute approximate surface area is 177 Å². The summed E-state index contributed by atoms with van der Waals surface area (Å²) in [5.74, 6) is 0.853. The number of hydrogen-bond acceptors (Lipinski definition) is 4. The number of nitrogens with one attached hydrogen (secondary N) is 2. The zero-order valence-electron chi connectivity index (χ0n) is 15.4. The maximum atomic E-state index is 4.60. The molecule has 2 heterocycles. The molecule has 1 aliphatic rings. The van der Waals surface area contributed by atoms with Gasteiger partial charge in [-0.15, -0.1) is 35.3 Å². The standard InChI is InChI=1S/C19H27N5S.HI/c1-3-18-22-16(14-25-18)12-21-19(20-2)23-15-8-7-11-24(13-15)17-9-5-4-6-10-17;/h4-6,9-10,14-15H,3,7-8,11-13H2,1-2H3,(H2,20,21,23);1H. The van der Waals surface area contributed by atoms with Crippen molar-refractivity contribution in [2.45, 2.75) is 38.8 Å². The van der Waals surface area contributed by atoms with Gasteiger partial charge in [0.2, 0.25) is 0 Å². The molecular weight excluding hydrogens is 457 g/mol. The van der Waals surface area contributed by atoms with Gasteiger partial charge in [0.05, 0.1) is 17.2 Å². The van der Waals surface area contributed by atoms with Crippen LogP contribution < -0.4 is 15.5 Å². The molecule has 0 radical (unpaired) electrons. The fourth-order valence-corrected chi connectivity index (χ4v) is 3.87. The predicted octanol–water partition coefficient (Wildman–Crippen LogP) is 3.66. The summed E-state index contributed by atoms with van der Waals surface area (Å²) in [7, 11) is 1.83. The topological polar surface area (TPSA) is 52.6 Å². The molecule has 0 amide bonds. The number of aryl methyl sites for hydroxylation is 1. The van der Waals surface area contributed by atoms with Crippen LogP contribution in [0.2, 0.25) is 0 Å². The Bertz CT molecular complexity index is 688. The van der Waals surface area contributed by atoms with Crippen molar-refractivity contribution in [3.8, 4) is 0 Å². The van der Waals surface area contributed by atoms with Crippen molar-refractivity contribution in [2.24, 2.45) is 4.99 Å². The van der Waals surface area contributed by atoms with E-state index in [4.69, 9.17) is 0 Å². The molecular formula is C19H28IN5S. The van der Waals surface area contributed by atoms with E-state index in [9.17, 15) is 0 Å². The lowest BCUT2D eigenvalue weighted by Crippen LogP contribution is -2.51. The fourth-order valence-electron chi connectivity index (χ4n) is 3.12. The highest BCUT2D eigenvalue weighted by Crippen LogP contribution is 2.19. The molecule has 0 aliphatic carbocycles. The number of thiazole rings is 1. The summed E-state index contributed by atoms with van der Waals surface area (Å²) >= 11 is 1.72. The van der Waals surface area contributed by atoms with E-state index in [1.807, 2.05) is 7.05 Å². The third kappa shape index (κ3) is 5.84. The highest BCUT2D eigenvalue weighted by molar-refractivity contribution is 14.0. The average Bonchev–Trinajstić information content (AvgIpc) is 3.14. The van der Waals surface area contributed by atoms with Gasteiger partial charge in [-0.2, -0.15) is 0 Å². The molecule has 3 rings (SSSR count). The smallest absolute Gasteiger partial charge is 0.191 e. The molecule has 1 fully saturated rings. The largest absolute Gasteiger partial charge is 0.369 e. The van der Waals surface area contributed by atoms with Crippen LogP contribution in [0.5, 0.6) is 0 Å². The number of anilines is 1. The number of guanidine groups is 1. The lowest BCUT2D eigenvalue weighted by atomic mass is 10.1. The van der Waals surface area contributed by atoms with Gasteiger partial charge >= 0.3 is 0 Å². The van der Waals surface area contributed by atoms with Crippen LogP contribution in [-0.2, 0) is 13.0 Å². The van der Waals surface area contributed by atoms with Crippen LogP contribution in [0.1, 0.15) is 30.5 Å². The van der Waals surface area contributed by atoms with Crippen molar-refractivity contribution in [3.05, 3.63) is 46.4 Å². The summed E-state index contributed by atoms with van der Waals surface area (Å²) < 4.78 is 0. The van der Waals surface area contributed by atoms with Crippen LogP contribution in [0.4, 0.5) is 5.69 Å². The van der Waals surface area contributed by atoms with Crippen molar-refractivity contribution < 1.29 is 0 Å². The van der Waals surface area contributed by atoms with E-state index in [0.717, 1.165) is 31.2 Å². The normalized spacial score (nSPS) is 17.5. The molecule has 1 unspecified atom stereocenters. The predicted molar refractivity (Wildman–Crippen MR) is 122 cm³/mol. The second-order valence-corrected chi connectivity index (χ2v) is 7.22.